The largest absolute Gasteiger partial charge is 0.466 e. The average molecular weight is 332 g/mol. The fraction of sp³-hybridized carbons (Fsp3) is 0.182. The second-order valence-electron chi connectivity index (χ2n) is 5.99. The van der Waals surface area contributed by atoms with Crippen LogP contribution in [-0.4, -0.2) is 18.4 Å². The summed E-state index contributed by atoms with van der Waals surface area (Å²) < 4.78 is 5.04. The Morgan fingerprint density at radius 3 is 2.20 bits per heavy atom. The lowest BCUT2D eigenvalue weighted by atomic mass is 9.96. The van der Waals surface area contributed by atoms with Gasteiger partial charge in [-0.25, -0.2) is 0 Å². The fourth-order valence-electron chi connectivity index (χ4n) is 2.82. The summed E-state index contributed by atoms with van der Waals surface area (Å²) in [6.45, 7) is 3.95. The lowest BCUT2D eigenvalue weighted by Gasteiger charge is -2.11. The van der Waals surface area contributed by atoms with Crippen molar-refractivity contribution in [1.82, 2.24) is 0 Å². The van der Waals surface area contributed by atoms with Crippen LogP contribution in [0, 0.1) is 0 Å². The molecule has 0 spiro atoms. The molecular formula is C22H20O3. The van der Waals surface area contributed by atoms with Crippen LogP contribution >= 0.6 is 0 Å². The van der Waals surface area contributed by atoms with Crippen molar-refractivity contribution in [3.05, 3.63) is 83.4 Å². The predicted molar refractivity (Wildman–Crippen MR) is 98.9 cm³/mol. The number of ketones is 1. The average Bonchev–Trinajstić information content (AvgIpc) is 2.66. The highest BCUT2D eigenvalue weighted by Gasteiger charge is 2.17. The first-order chi connectivity index (χ1) is 12.1. The lowest BCUT2D eigenvalue weighted by molar-refractivity contribution is -0.144. The van der Waals surface area contributed by atoms with E-state index in [9.17, 15) is 9.59 Å². The summed E-state index contributed by atoms with van der Waals surface area (Å²) in [6, 6.07) is 20.8. The third kappa shape index (κ3) is 3.61. The Morgan fingerprint density at radius 2 is 1.52 bits per heavy atom. The van der Waals surface area contributed by atoms with Crippen LogP contribution in [0.25, 0.3) is 10.8 Å². The normalized spacial score (nSPS) is 11.9. The van der Waals surface area contributed by atoms with E-state index < -0.39 is 0 Å². The van der Waals surface area contributed by atoms with Gasteiger partial charge >= 0.3 is 5.97 Å². The molecular weight excluding hydrogens is 312 g/mol. The maximum absolute atomic E-state index is 12.7. The zero-order chi connectivity index (χ0) is 17.8. The van der Waals surface area contributed by atoms with Gasteiger partial charge in [-0.05, 0) is 36.2 Å². The van der Waals surface area contributed by atoms with Crippen molar-refractivity contribution in [2.45, 2.75) is 19.8 Å². The van der Waals surface area contributed by atoms with E-state index in [-0.39, 0.29) is 17.7 Å². The molecule has 0 fully saturated rings. The van der Waals surface area contributed by atoms with Gasteiger partial charge in [0, 0.05) is 11.1 Å². The molecule has 0 aromatic heterocycles. The molecule has 0 heterocycles. The molecule has 0 aliphatic rings. The number of hydrogen-bond donors (Lipinski definition) is 0. The van der Waals surface area contributed by atoms with Gasteiger partial charge in [0.05, 0.1) is 12.5 Å². The summed E-state index contributed by atoms with van der Waals surface area (Å²) in [5, 5.41) is 2.15. The van der Waals surface area contributed by atoms with Crippen molar-refractivity contribution in [2.75, 3.05) is 6.61 Å². The van der Waals surface area contributed by atoms with Crippen LogP contribution in [0.5, 0.6) is 0 Å². The van der Waals surface area contributed by atoms with Gasteiger partial charge in [-0.15, -0.1) is 0 Å². The van der Waals surface area contributed by atoms with Gasteiger partial charge in [-0.3, -0.25) is 9.59 Å². The van der Waals surface area contributed by atoms with Crippen LogP contribution in [-0.2, 0) is 9.53 Å². The van der Waals surface area contributed by atoms with Crippen LogP contribution in [0.3, 0.4) is 0 Å². The summed E-state index contributed by atoms with van der Waals surface area (Å²) >= 11 is 0. The SMILES string of the molecule is CCOC(=O)C(C)c1ccc(C(=O)c2ccc3ccccc3c2)cc1. The number of carbonyl (C=O) groups is 2. The van der Waals surface area contributed by atoms with Crippen molar-refractivity contribution in [2.24, 2.45) is 0 Å². The molecule has 3 aromatic rings. The predicted octanol–water partition coefficient (Wildman–Crippen LogP) is 4.74. The topological polar surface area (TPSA) is 43.4 Å². The van der Waals surface area contributed by atoms with Crippen molar-refractivity contribution in [3.63, 3.8) is 0 Å². The first kappa shape index (κ1) is 16.9. The van der Waals surface area contributed by atoms with Crippen LogP contribution in [0.1, 0.15) is 41.3 Å². The van der Waals surface area contributed by atoms with E-state index in [2.05, 4.69) is 0 Å². The molecule has 3 rings (SSSR count). The summed E-state index contributed by atoms with van der Waals surface area (Å²) in [4.78, 5) is 24.5. The van der Waals surface area contributed by atoms with E-state index in [0.29, 0.717) is 17.7 Å². The van der Waals surface area contributed by atoms with Gasteiger partial charge < -0.3 is 4.74 Å². The number of fused-ring (bicyclic) bond motifs is 1. The van der Waals surface area contributed by atoms with E-state index in [0.717, 1.165) is 16.3 Å². The third-order valence-corrected chi connectivity index (χ3v) is 4.32. The molecule has 126 valence electrons. The summed E-state index contributed by atoms with van der Waals surface area (Å²) in [5.41, 5.74) is 2.11. The number of hydrogen-bond acceptors (Lipinski definition) is 3. The molecule has 3 aromatic carbocycles. The number of carbonyl (C=O) groups excluding carboxylic acids is 2. The number of rotatable bonds is 5. The van der Waals surface area contributed by atoms with Crippen molar-refractivity contribution in [1.29, 1.82) is 0 Å². The summed E-state index contributed by atoms with van der Waals surface area (Å²) in [5.74, 6) is -0.623. The summed E-state index contributed by atoms with van der Waals surface area (Å²) in [6.07, 6.45) is 0. The first-order valence-electron chi connectivity index (χ1n) is 8.40. The van der Waals surface area contributed by atoms with Crippen LogP contribution < -0.4 is 0 Å². The van der Waals surface area contributed by atoms with Crippen LogP contribution in [0.2, 0.25) is 0 Å². The zero-order valence-corrected chi connectivity index (χ0v) is 14.4. The number of benzene rings is 3. The smallest absolute Gasteiger partial charge is 0.313 e. The van der Waals surface area contributed by atoms with Crippen molar-refractivity contribution >= 4 is 22.5 Å². The second-order valence-corrected chi connectivity index (χ2v) is 5.99. The molecule has 3 heteroatoms. The molecule has 0 radical (unpaired) electrons. The Morgan fingerprint density at radius 1 is 0.880 bits per heavy atom. The monoisotopic (exact) mass is 332 g/mol. The van der Waals surface area contributed by atoms with Crippen LogP contribution in [0.15, 0.2) is 66.7 Å². The Kier molecular flexibility index (Phi) is 4.94. The van der Waals surface area contributed by atoms with E-state index in [4.69, 9.17) is 4.74 Å². The maximum Gasteiger partial charge on any atom is 0.313 e. The highest BCUT2D eigenvalue weighted by Crippen LogP contribution is 2.21. The molecule has 0 aliphatic heterocycles. The minimum Gasteiger partial charge on any atom is -0.466 e. The molecule has 3 nitrogen and oxygen atoms in total. The Labute approximate surface area is 147 Å². The second kappa shape index (κ2) is 7.31. The van der Waals surface area contributed by atoms with Gasteiger partial charge in [-0.2, -0.15) is 0 Å². The van der Waals surface area contributed by atoms with Crippen molar-refractivity contribution in [3.8, 4) is 0 Å². The number of esters is 1. The molecule has 0 N–H and O–H groups in total. The van der Waals surface area contributed by atoms with E-state index in [1.165, 1.54) is 0 Å². The minimum absolute atomic E-state index is 0.0268. The number of ether oxygens (including phenoxy) is 1. The maximum atomic E-state index is 12.7. The summed E-state index contributed by atoms with van der Waals surface area (Å²) in [7, 11) is 0. The standard InChI is InChI=1S/C22H20O3/c1-3-25-22(24)15(2)16-8-11-18(12-9-16)21(23)20-13-10-17-6-4-5-7-19(17)14-20/h4-15H,3H2,1-2H3. The van der Waals surface area contributed by atoms with Crippen LogP contribution in [0.4, 0.5) is 0 Å². The van der Waals surface area contributed by atoms with Gasteiger partial charge in [0.25, 0.3) is 0 Å². The molecule has 0 saturated carbocycles. The Bertz CT molecular complexity index is 910. The van der Waals surface area contributed by atoms with E-state index in [1.54, 1.807) is 26.0 Å². The third-order valence-electron chi connectivity index (χ3n) is 4.32. The fourth-order valence-corrected chi connectivity index (χ4v) is 2.82. The quantitative estimate of drug-likeness (QED) is 0.501. The lowest BCUT2D eigenvalue weighted by Crippen LogP contribution is -2.13. The zero-order valence-electron chi connectivity index (χ0n) is 14.4. The molecule has 0 amide bonds. The highest BCUT2D eigenvalue weighted by molar-refractivity contribution is 6.10. The Balaban J connectivity index is 1.83. The molecule has 25 heavy (non-hydrogen) atoms. The van der Waals surface area contributed by atoms with Gasteiger partial charge in [-0.1, -0.05) is 60.7 Å². The van der Waals surface area contributed by atoms with Crippen molar-refractivity contribution < 1.29 is 14.3 Å². The Hall–Kier alpha value is -2.94. The molecule has 1 unspecified atom stereocenters. The highest BCUT2D eigenvalue weighted by atomic mass is 16.5. The minimum atomic E-state index is -0.343. The molecule has 1 atom stereocenters. The van der Waals surface area contributed by atoms with E-state index >= 15 is 0 Å². The van der Waals surface area contributed by atoms with Gasteiger partial charge in [0.2, 0.25) is 0 Å². The first-order valence-corrected chi connectivity index (χ1v) is 8.40. The van der Waals surface area contributed by atoms with E-state index in [1.807, 2.05) is 54.6 Å². The molecule has 0 aliphatic carbocycles. The molecule has 0 bridgehead atoms. The van der Waals surface area contributed by atoms with Gasteiger partial charge in [0.1, 0.15) is 0 Å². The van der Waals surface area contributed by atoms with Gasteiger partial charge in [0.15, 0.2) is 5.78 Å². The molecule has 0 saturated heterocycles.